The molecule has 0 radical (unpaired) electrons. The quantitative estimate of drug-likeness (QED) is 0.880. The number of aromatic amines is 1. The first kappa shape index (κ1) is 13.4. The molecule has 0 saturated heterocycles. The summed E-state index contributed by atoms with van der Waals surface area (Å²) in [6, 6.07) is 2.27. The van der Waals surface area contributed by atoms with Crippen LogP contribution in [-0.4, -0.2) is 20.4 Å². The lowest BCUT2D eigenvalue weighted by molar-refractivity contribution is 0.0924. The van der Waals surface area contributed by atoms with Crippen LogP contribution in [0, 0.1) is 0 Å². The monoisotopic (exact) mass is 336 g/mol. The number of carbonyl (C=O) groups is 1. The summed E-state index contributed by atoms with van der Waals surface area (Å²) >= 11 is 3.45. The molecule has 3 rings (SSSR count). The van der Waals surface area contributed by atoms with Gasteiger partial charge < -0.3 is 14.9 Å². The van der Waals surface area contributed by atoms with Crippen LogP contribution in [0.25, 0.3) is 0 Å². The summed E-state index contributed by atoms with van der Waals surface area (Å²) in [5, 5.41) is 3.05. The lowest BCUT2D eigenvalue weighted by Gasteiger charge is -2.15. The van der Waals surface area contributed by atoms with Crippen molar-refractivity contribution >= 4 is 21.8 Å². The summed E-state index contributed by atoms with van der Waals surface area (Å²) in [7, 11) is 0. The fourth-order valence-corrected chi connectivity index (χ4v) is 2.78. The Morgan fingerprint density at radius 3 is 3.05 bits per heavy atom. The highest BCUT2D eigenvalue weighted by Gasteiger charge is 2.28. The molecular formula is C14H17BrN4O. The maximum Gasteiger partial charge on any atom is 0.268 e. The number of imidazole rings is 1. The Morgan fingerprint density at radius 1 is 1.65 bits per heavy atom. The number of hydrogen-bond donors (Lipinski definition) is 2. The van der Waals surface area contributed by atoms with Crippen molar-refractivity contribution in [2.45, 2.75) is 38.3 Å². The van der Waals surface area contributed by atoms with E-state index < -0.39 is 0 Å². The molecule has 2 aromatic heterocycles. The Balaban J connectivity index is 1.78. The van der Waals surface area contributed by atoms with Crippen LogP contribution in [0.15, 0.2) is 29.1 Å². The zero-order valence-electron chi connectivity index (χ0n) is 11.3. The highest BCUT2D eigenvalue weighted by Crippen LogP contribution is 2.37. The van der Waals surface area contributed by atoms with E-state index in [1.807, 2.05) is 19.2 Å². The molecule has 1 amide bonds. The maximum atomic E-state index is 12.5. The lowest BCUT2D eigenvalue weighted by atomic mass is 10.2. The molecule has 2 aromatic rings. The van der Waals surface area contributed by atoms with Gasteiger partial charge in [0.05, 0.1) is 6.04 Å². The Kier molecular flexibility index (Phi) is 3.65. The van der Waals surface area contributed by atoms with Gasteiger partial charge in [0.15, 0.2) is 0 Å². The number of halogens is 1. The Bertz CT molecular complexity index is 601. The molecule has 1 fully saturated rings. The summed E-state index contributed by atoms with van der Waals surface area (Å²) in [5.74, 6) is 0.746. The average molecular weight is 337 g/mol. The smallest absolute Gasteiger partial charge is 0.268 e. The predicted octanol–water partition coefficient (Wildman–Crippen LogP) is 3.19. The molecule has 106 valence electrons. The van der Waals surface area contributed by atoms with E-state index in [4.69, 9.17) is 0 Å². The molecule has 2 heterocycles. The number of amides is 1. The van der Waals surface area contributed by atoms with Crippen molar-refractivity contribution < 1.29 is 4.79 Å². The van der Waals surface area contributed by atoms with Crippen molar-refractivity contribution in [1.82, 2.24) is 19.9 Å². The van der Waals surface area contributed by atoms with Gasteiger partial charge in [-0.25, -0.2) is 4.98 Å². The van der Waals surface area contributed by atoms with E-state index >= 15 is 0 Å². The molecule has 0 aliphatic heterocycles. The molecule has 1 unspecified atom stereocenters. The minimum atomic E-state index is -0.0844. The van der Waals surface area contributed by atoms with Crippen molar-refractivity contribution in [3.05, 3.63) is 40.6 Å². The van der Waals surface area contributed by atoms with Gasteiger partial charge in [-0.3, -0.25) is 4.79 Å². The van der Waals surface area contributed by atoms with Crippen LogP contribution in [0.2, 0.25) is 0 Å². The van der Waals surface area contributed by atoms with E-state index in [0.717, 1.165) is 29.6 Å². The van der Waals surface area contributed by atoms with E-state index in [-0.39, 0.29) is 11.9 Å². The van der Waals surface area contributed by atoms with Crippen molar-refractivity contribution in [2.75, 3.05) is 0 Å². The minimum absolute atomic E-state index is 0.0501. The molecule has 1 aliphatic carbocycles. The second kappa shape index (κ2) is 5.44. The molecule has 0 spiro atoms. The molecule has 20 heavy (non-hydrogen) atoms. The fourth-order valence-electron chi connectivity index (χ4n) is 2.35. The zero-order valence-corrected chi connectivity index (χ0v) is 12.9. The van der Waals surface area contributed by atoms with Crippen LogP contribution in [0.4, 0.5) is 0 Å². The van der Waals surface area contributed by atoms with E-state index in [0.29, 0.717) is 11.7 Å². The van der Waals surface area contributed by atoms with Gasteiger partial charge in [0, 0.05) is 29.1 Å². The van der Waals surface area contributed by atoms with Crippen molar-refractivity contribution in [3.8, 4) is 0 Å². The number of H-pyrrole nitrogens is 1. The van der Waals surface area contributed by atoms with E-state index in [2.05, 4.69) is 35.8 Å². The number of nitrogens with zero attached hydrogens (tertiary/aromatic N) is 2. The molecule has 2 N–H and O–H groups in total. The van der Waals surface area contributed by atoms with Gasteiger partial charge in [0.25, 0.3) is 5.91 Å². The molecule has 1 saturated carbocycles. The Labute approximate surface area is 125 Å². The van der Waals surface area contributed by atoms with Gasteiger partial charge >= 0.3 is 0 Å². The summed E-state index contributed by atoms with van der Waals surface area (Å²) < 4.78 is 3.01. The molecule has 0 bridgehead atoms. The summed E-state index contributed by atoms with van der Waals surface area (Å²) in [4.78, 5) is 19.8. The molecule has 1 aliphatic rings. The molecular weight excluding hydrogens is 320 g/mol. The molecule has 0 aromatic carbocycles. The van der Waals surface area contributed by atoms with Crippen molar-refractivity contribution in [2.24, 2.45) is 0 Å². The van der Waals surface area contributed by atoms with Crippen LogP contribution in [0.5, 0.6) is 0 Å². The first-order valence-corrected chi connectivity index (χ1v) is 7.66. The largest absolute Gasteiger partial charge is 0.347 e. The number of hydrogen-bond acceptors (Lipinski definition) is 2. The first-order chi connectivity index (χ1) is 9.69. The zero-order chi connectivity index (χ0) is 14.1. The SMILES string of the molecule is CCC(NC(=O)c1cc(Br)cn1C1CC1)c1ncc[nH]1. The lowest BCUT2D eigenvalue weighted by Crippen LogP contribution is -2.30. The minimum Gasteiger partial charge on any atom is -0.347 e. The standard InChI is InChI=1S/C14H17BrN4O/c1-2-11(13-16-5-6-17-13)18-14(20)12-7-9(15)8-19(12)10-3-4-10/h5-8,10-11H,2-4H2,1H3,(H,16,17)(H,18,20). The van der Waals surface area contributed by atoms with Crippen LogP contribution in [0.3, 0.4) is 0 Å². The van der Waals surface area contributed by atoms with Gasteiger partial charge in [0.2, 0.25) is 0 Å². The molecule has 6 heteroatoms. The number of nitrogens with one attached hydrogen (secondary N) is 2. The van der Waals surface area contributed by atoms with E-state index in [9.17, 15) is 4.79 Å². The van der Waals surface area contributed by atoms with E-state index in [1.54, 1.807) is 12.4 Å². The van der Waals surface area contributed by atoms with Crippen LogP contribution >= 0.6 is 15.9 Å². The Hall–Kier alpha value is -1.56. The van der Waals surface area contributed by atoms with E-state index in [1.165, 1.54) is 0 Å². The number of rotatable bonds is 5. The second-order valence-corrected chi connectivity index (χ2v) is 6.01. The van der Waals surface area contributed by atoms with Crippen molar-refractivity contribution in [3.63, 3.8) is 0 Å². The highest BCUT2D eigenvalue weighted by molar-refractivity contribution is 9.10. The van der Waals surface area contributed by atoms with Gasteiger partial charge in [-0.1, -0.05) is 6.92 Å². The van der Waals surface area contributed by atoms with Crippen LogP contribution < -0.4 is 5.32 Å². The summed E-state index contributed by atoms with van der Waals surface area (Å²) in [6.07, 6.45) is 8.56. The van der Waals surface area contributed by atoms with Gasteiger partial charge in [-0.05, 0) is 41.3 Å². The third-order valence-corrected chi connectivity index (χ3v) is 3.98. The Morgan fingerprint density at radius 2 is 2.45 bits per heavy atom. The van der Waals surface area contributed by atoms with Gasteiger partial charge in [-0.2, -0.15) is 0 Å². The second-order valence-electron chi connectivity index (χ2n) is 5.09. The third kappa shape index (κ3) is 2.65. The summed E-state index contributed by atoms with van der Waals surface area (Å²) in [6.45, 7) is 2.03. The highest BCUT2D eigenvalue weighted by atomic mass is 79.9. The third-order valence-electron chi connectivity index (χ3n) is 3.55. The number of aromatic nitrogens is 3. The fraction of sp³-hybridized carbons (Fsp3) is 0.429. The van der Waals surface area contributed by atoms with Crippen molar-refractivity contribution in [1.29, 1.82) is 0 Å². The maximum absolute atomic E-state index is 12.5. The molecule has 1 atom stereocenters. The first-order valence-electron chi connectivity index (χ1n) is 6.86. The van der Waals surface area contributed by atoms with Crippen LogP contribution in [0.1, 0.15) is 54.6 Å². The van der Waals surface area contributed by atoms with Gasteiger partial charge in [0.1, 0.15) is 11.5 Å². The summed E-state index contributed by atoms with van der Waals surface area (Å²) in [5.41, 5.74) is 0.712. The molecule has 5 nitrogen and oxygen atoms in total. The topological polar surface area (TPSA) is 62.7 Å². The van der Waals surface area contributed by atoms with Gasteiger partial charge in [-0.15, -0.1) is 0 Å². The number of carbonyl (C=O) groups excluding carboxylic acids is 1. The average Bonchev–Trinajstić information content (AvgIpc) is 2.99. The normalized spacial score (nSPS) is 16.1. The predicted molar refractivity (Wildman–Crippen MR) is 79.5 cm³/mol. The van der Waals surface area contributed by atoms with Crippen LogP contribution in [-0.2, 0) is 0 Å².